The van der Waals surface area contributed by atoms with Crippen LogP contribution in [0.3, 0.4) is 0 Å². The number of para-hydroxylation sites is 1. The summed E-state index contributed by atoms with van der Waals surface area (Å²) in [5.74, 6) is 0.311. The second kappa shape index (κ2) is 6.22. The summed E-state index contributed by atoms with van der Waals surface area (Å²) in [5.41, 5.74) is 3.41. The van der Waals surface area contributed by atoms with Crippen LogP contribution in [-0.4, -0.2) is 5.11 Å². The summed E-state index contributed by atoms with van der Waals surface area (Å²) in [6.45, 7) is 4.85. The number of aromatic hydroxyl groups is 1. The minimum absolute atomic E-state index is 0.249. The molecule has 0 aliphatic carbocycles. The Bertz CT molecular complexity index is 551. The van der Waals surface area contributed by atoms with Gasteiger partial charge in [-0.1, -0.05) is 42.0 Å². The van der Waals surface area contributed by atoms with Gasteiger partial charge < -0.3 is 10.4 Å². The Hall–Kier alpha value is -1.32. The Labute approximate surface area is 122 Å². The molecule has 2 aromatic rings. The summed E-state index contributed by atoms with van der Waals surface area (Å²) in [7, 11) is 0. The van der Waals surface area contributed by atoms with Crippen LogP contribution in [0.4, 0.5) is 0 Å². The molecule has 0 fully saturated rings. The van der Waals surface area contributed by atoms with Gasteiger partial charge in [-0.25, -0.2) is 0 Å². The third-order valence-electron chi connectivity index (χ3n) is 3.25. The number of phenolic OH excluding ortho intramolecular Hbond substituents is 1. The van der Waals surface area contributed by atoms with E-state index in [-0.39, 0.29) is 6.04 Å². The fourth-order valence-electron chi connectivity index (χ4n) is 1.94. The lowest BCUT2D eigenvalue weighted by atomic mass is 10.1. The highest BCUT2D eigenvalue weighted by Gasteiger charge is 2.08. The van der Waals surface area contributed by atoms with Gasteiger partial charge in [-0.3, -0.25) is 0 Å². The molecule has 0 aliphatic rings. The number of nitrogens with one attached hydrogen (secondary N) is 1. The molecule has 0 bridgehead atoms. The second-order valence-corrected chi connectivity index (χ2v) is 5.62. The largest absolute Gasteiger partial charge is 0.506 e. The van der Waals surface area contributed by atoms with Crippen LogP contribution in [0.2, 0.25) is 0 Å². The van der Waals surface area contributed by atoms with Gasteiger partial charge in [0.1, 0.15) is 5.75 Å². The first kappa shape index (κ1) is 14.1. The van der Waals surface area contributed by atoms with E-state index in [1.54, 1.807) is 0 Å². The van der Waals surface area contributed by atoms with E-state index in [0.717, 1.165) is 10.0 Å². The van der Waals surface area contributed by atoms with Gasteiger partial charge >= 0.3 is 0 Å². The molecule has 0 radical (unpaired) electrons. The normalized spacial score (nSPS) is 12.4. The molecule has 0 amide bonds. The lowest BCUT2D eigenvalue weighted by Gasteiger charge is -2.15. The van der Waals surface area contributed by atoms with Gasteiger partial charge in [0.25, 0.3) is 0 Å². The van der Waals surface area contributed by atoms with Crippen molar-refractivity contribution in [2.24, 2.45) is 0 Å². The van der Waals surface area contributed by atoms with Gasteiger partial charge in [0.15, 0.2) is 0 Å². The van der Waals surface area contributed by atoms with Crippen LogP contribution >= 0.6 is 15.9 Å². The molecule has 0 unspecified atom stereocenters. The van der Waals surface area contributed by atoms with E-state index in [1.807, 2.05) is 18.2 Å². The highest BCUT2D eigenvalue weighted by molar-refractivity contribution is 9.10. The monoisotopic (exact) mass is 319 g/mol. The molecule has 3 heteroatoms. The Balaban J connectivity index is 2.02. The molecule has 2 nitrogen and oxygen atoms in total. The maximum absolute atomic E-state index is 9.93. The van der Waals surface area contributed by atoms with Crippen molar-refractivity contribution < 1.29 is 5.11 Å². The van der Waals surface area contributed by atoms with Crippen LogP contribution in [0.1, 0.15) is 29.7 Å². The van der Waals surface area contributed by atoms with Crippen LogP contribution in [0, 0.1) is 6.92 Å². The van der Waals surface area contributed by atoms with Crippen molar-refractivity contribution in [2.45, 2.75) is 26.4 Å². The Kier molecular flexibility index (Phi) is 4.61. The lowest BCUT2D eigenvalue weighted by Crippen LogP contribution is -2.18. The molecular formula is C16H18BrNO. The number of hydrogen-bond donors (Lipinski definition) is 2. The van der Waals surface area contributed by atoms with E-state index in [2.05, 4.69) is 59.4 Å². The Morgan fingerprint density at radius 2 is 1.84 bits per heavy atom. The molecule has 0 saturated carbocycles. The molecule has 2 N–H and O–H groups in total. The molecule has 0 saturated heterocycles. The summed E-state index contributed by atoms with van der Waals surface area (Å²) in [6, 6.07) is 14.4. The molecule has 0 aliphatic heterocycles. The average molecular weight is 320 g/mol. The van der Waals surface area contributed by atoms with Crippen LogP contribution < -0.4 is 5.32 Å². The minimum Gasteiger partial charge on any atom is -0.506 e. The van der Waals surface area contributed by atoms with Gasteiger partial charge in [-0.05, 0) is 41.4 Å². The van der Waals surface area contributed by atoms with Gasteiger partial charge in [0.2, 0.25) is 0 Å². The minimum atomic E-state index is 0.249. The number of rotatable bonds is 4. The number of halogens is 1. The average Bonchev–Trinajstić information content (AvgIpc) is 2.41. The zero-order valence-corrected chi connectivity index (χ0v) is 12.7. The SMILES string of the molecule is Cc1ccc([C@@H](C)NCc2cccc(Br)c2O)cc1. The highest BCUT2D eigenvalue weighted by Crippen LogP contribution is 2.27. The van der Waals surface area contributed by atoms with Gasteiger partial charge in [0, 0.05) is 18.2 Å². The molecule has 19 heavy (non-hydrogen) atoms. The zero-order chi connectivity index (χ0) is 13.8. The summed E-state index contributed by atoms with van der Waals surface area (Å²) in [5, 5.41) is 13.4. The van der Waals surface area contributed by atoms with Crippen LogP contribution in [0.15, 0.2) is 46.9 Å². The fourth-order valence-corrected chi connectivity index (χ4v) is 2.35. The summed E-state index contributed by atoms with van der Waals surface area (Å²) < 4.78 is 0.731. The topological polar surface area (TPSA) is 32.3 Å². The molecule has 100 valence electrons. The van der Waals surface area contributed by atoms with E-state index in [0.29, 0.717) is 12.3 Å². The first-order valence-corrected chi connectivity index (χ1v) is 7.13. The predicted molar refractivity (Wildman–Crippen MR) is 82.2 cm³/mol. The first-order valence-electron chi connectivity index (χ1n) is 6.34. The van der Waals surface area contributed by atoms with Crippen molar-refractivity contribution in [3.8, 4) is 5.75 Å². The van der Waals surface area contributed by atoms with Crippen molar-refractivity contribution in [3.05, 3.63) is 63.6 Å². The quantitative estimate of drug-likeness (QED) is 0.879. The van der Waals surface area contributed by atoms with E-state index in [9.17, 15) is 5.11 Å². The van der Waals surface area contributed by atoms with Gasteiger partial charge in [-0.2, -0.15) is 0 Å². The van der Waals surface area contributed by atoms with E-state index in [1.165, 1.54) is 11.1 Å². The van der Waals surface area contributed by atoms with Gasteiger partial charge in [0.05, 0.1) is 4.47 Å². The third kappa shape index (κ3) is 3.58. The maximum Gasteiger partial charge on any atom is 0.134 e. The number of phenols is 1. The fraction of sp³-hybridized carbons (Fsp3) is 0.250. The van der Waals surface area contributed by atoms with Crippen molar-refractivity contribution in [1.29, 1.82) is 0 Å². The van der Waals surface area contributed by atoms with Crippen molar-refractivity contribution in [1.82, 2.24) is 5.32 Å². The smallest absolute Gasteiger partial charge is 0.134 e. The summed E-state index contributed by atoms with van der Waals surface area (Å²) in [4.78, 5) is 0. The van der Waals surface area contributed by atoms with Crippen molar-refractivity contribution >= 4 is 15.9 Å². The maximum atomic E-state index is 9.93. The van der Waals surface area contributed by atoms with Crippen LogP contribution in [0.5, 0.6) is 5.75 Å². The third-order valence-corrected chi connectivity index (χ3v) is 3.89. The van der Waals surface area contributed by atoms with Crippen molar-refractivity contribution in [2.75, 3.05) is 0 Å². The molecule has 0 aromatic heterocycles. The van der Waals surface area contributed by atoms with Crippen LogP contribution in [0.25, 0.3) is 0 Å². The van der Waals surface area contributed by atoms with E-state index < -0.39 is 0 Å². The Morgan fingerprint density at radius 1 is 1.16 bits per heavy atom. The number of hydrogen-bond acceptors (Lipinski definition) is 2. The number of benzene rings is 2. The predicted octanol–water partition coefficient (Wildman–Crippen LogP) is 4.31. The molecule has 2 rings (SSSR count). The second-order valence-electron chi connectivity index (χ2n) is 4.76. The first-order chi connectivity index (χ1) is 9.08. The van der Waals surface area contributed by atoms with Crippen LogP contribution in [-0.2, 0) is 6.54 Å². The molecule has 0 heterocycles. The summed E-state index contributed by atoms with van der Waals surface area (Å²) >= 11 is 3.33. The number of aryl methyl sites for hydroxylation is 1. The summed E-state index contributed by atoms with van der Waals surface area (Å²) in [6.07, 6.45) is 0. The molecule has 1 atom stereocenters. The Morgan fingerprint density at radius 3 is 2.53 bits per heavy atom. The molecule has 0 spiro atoms. The lowest BCUT2D eigenvalue weighted by molar-refractivity contribution is 0.457. The zero-order valence-electron chi connectivity index (χ0n) is 11.2. The van der Waals surface area contributed by atoms with E-state index in [4.69, 9.17) is 0 Å². The van der Waals surface area contributed by atoms with Crippen molar-refractivity contribution in [3.63, 3.8) is 0 Å². The van der Waals surface area contributed by atoms with Gasteiger partial charge in [-0.15, -0.1) is 0 Å². The molecular weight excluding hydrogens is 302 g/mol. The molecule has 2 aromatic carbocycles. The van der Waals surface area contributed by atoms with E-state index >= 15 is 0 Å². The highest BCUT2D eigenvalue weighted by atomic mass is 79.9. The standard InChI is InChI=1S/C16H18BrNO/c1-11-6-8-13(9-7-11)12(2)18-10-14-4-3-5-15(17)16(14)19/h3-9,12,18-19H,10H2,1-2H3/t12-/m1/s1.